The van der Waals surface area contributed by atoms with Gasteiger partial charge in [0.2, 0.25) is 5.91 Å². The molecule has 0 radical (unpaired) electrons. The lowest BCUT2D eigenvalue weighted by molar-refractivity contribution is -0.117. The highest BCUT2D eigenvalue weighted by molar-refractivity contribution is 8.03. The molecule has 0 spiro atoms. The number of nitrogens with two attached hydrogens (primary N) is 1. The number of methoxy groups -OCH3 is 1. The number of thioether (sulfide) groups is 2. The van der Waals surface area contributed by atoms with E-state index in [1.165, 1.54) is 28.7 Å². The minimum atomic E-state index is -0.345. The first-order valence-electron chi connectivity index (χ1n) is 6.13. The Labute approximate surface area is 135 Å². The number of carbonyl (C=O) groups is 1. The van der Waals surface area contributed by atoms with Gasteiger partial charge in [0.15, 0.2) is 8.68 Å². The summed E-state index contributed by atoms with van der Waals surface area (Å²) in [4.78, 5) is 11.0. The third kappa shape index (κ3) is 4.90. The third-order valence-corrected chi connectivity index (χ3v) is 5.92. The summed E-state index contributed by atoms with van der Waals surface area (Å²) in [6.07, 6.45) is 0. The lowest BCUT2D eigenvalue weighted by Gasteiger charge is -2.02. The molecule has 2 N–H and O–H groups in total. The van der Waals surface area contributed by atoms with E-state index >= 15 is 0 Å². The fourth-order valence-corrected chi connectivity index (χ4v) is 4.45. The van der Waals surface area contributed by atoms with Gasteiger partial charge >= 0.3 is 0 Å². The SMILES string of the molecule is COc1ccc(CSc2nnc(S[C@@H](C)C(N)=O)s2)cc1. The third-order valence-electron chi connectivity index (χ3n) is 2.59. The predicted molar refractivity (Wildman–Crippen MR) is 87.0 cm³/mol. The molecule has 0 fully saturated rings. The number of rotatable bonds is 7. The monoisotopic (exact) mass is 341 g/mol. The van der Waals surface area contributed by atoms with Crippen LogP contribution in [0.2, 0.25) is 0 Å². The largest absolute Gasteiger partial charge is 0.497 e. The van der Waals surface area contributed by atoms with E-state index in [0.29, 0.717) is 0 Å². The van der Waals surface area contributed by atoms with E-state index < -0.39 is 0 Å². The lowest BCUT2D eigenvalue weighted by Crippen LogP contribution is -2.22. The minimum Gasteiger partial charge on any atom is -0.497 e. The number of primary amides is 1. The van der Waals surface area contributed by atoms with Crippen molar-refractivity contribution in [1.29, 1.82) is 0 Å². The first-order valence-corrected chi connectivity index (χ1v) is 8.82. The van der Waals surface area contributed by atoms with Crippen LogP contribution in [0.3, 0.4) is 0 Å². The Hall–Kier alpha value is -1.25. The van der Waals surface area contributed by atoms with Gasteiger partial charge in [0.25, 0.3) is 0 Å². The number of benzene rings is 1. The average molecular weight is 341 g/mol. The first-order chi connectivity index (χ1) is 10.1. The van der Waals surface area contributed by atoms with Crippen molar-refractivity contribution in [2.75, 3.05) is 7.11 Å². The summed E-state index contributed by atoms with van der Waals surface area (Å²) in [7, 11) is 1.65. The highest BCUT2D eigenvalue weighted by Crippen LogP contribution is 2.32. The molecule has 1 atom stereocenters. The fourth-order valence-electron chi connectivity index (χ4n) is 1.38. The van der Waals surface area contributed by atoms with Crippen LogP contribution in [0.25, 0.3) is 0 Å². The average Bonchev–Trinajstić information content (AvgIpc) is 2.93. The molecule has 0 aliphatic carbocycles. The van der Waals surface area contributed by atoms with E-state index in [1.54, 1.807) is 25.8 Å². The molecule has 1 aromatic heterocycles. The van der Waals surface area contributed by atoms with Crippen molar-refractivity contribution >= 4 is 40.8 Å². The van der Waals surface area contributed by atoms with Crippen LogP contribution in [0.15, 0.2) is 32.9 Å². The van der Waals surface area contributed by atoms with Crippen LogP contribution in [-0.2, 0) is 10.5 Å². The number of amides is 1. The molecule has 0 saturated carbocycles. The summed E-state index contributed by atoms with van der Waals surface area (Å²) in [6.45, 7) is 1.76. The maximum Gasteiger partial charge on any atom is 0.230 e. The van der Waals surface area contributed by atoms with Crippen LogP contribution in [0.4, 0.5) is 0 Å². The van der Waals surface area contributed by atoms with Gasteiger partial charge < -0.3 is 10.5 Å². The molecule has 21 heavy (non-hydrogen) atoms. The van der Waals surface area contributed by atoms with Crippen LogP contribution in [0, 0.1) is 0 Å². The summed E-state index contributed by atoms with van der Waals surface area (Å²) in [5.74, 6) is 1.32. The second kappa shape index (κ2) is 7.67. The van der Waals surface area contributed by atoms with Gasteiger partial charge in [-0.2, -0.15) is 0 Å². The van der Waals surface area contributed by atoms with E-state index in [2.05, 4.69) is 10.2 Å². The van der Waals surface area contributed by atoms with Crippen molar-refractivity contribution < 1.29 is 9.53 Å². The molecule has 0 aliphatic rings. The van der Waals surface area contributed by atoms with Crippen LogP contribution in [0.1, 0.15) is 12.5 Å². The highest BCUT2D eigenvalue weighted by Gasteiger charge is 2.14. The van der Waals surface area contributed by atoms with Gasteiger partial charge in [0, 0.05) is 5.75 Å². The maximum absolute atomic E-state index is 11.0. The van der Waals surface area contributed by atoms with Crippen LogP contribution in [0.5, 0.6) is 5.75 Å². The summed E-state index contributed by atoms with van der Waals surface area (Å²) >= 11 is 4.43. The normalized spacial score (nSPS) is 12.1. The summed E-state index contributed by atoms with van der Waals surface area (Å²) in [5, 5.41) is 7.88. The molecule has 1 heterocycles. The zero-order chi connectivity index (χ0) is 15.2. The standard InChI is InChI=1S/C13H15N3O2S3/c1-8(11(14)17)20-13-16-15-12(21-13)19-7-9-3-5-10(18-2)6-4-9/h3-6,8H,7H2,1-2H3,(H2,14,17)/t8-/m0/s1. The van der Waals surface area contributed by atoms with Gasteiger partial charge in [-0.25, -0.2) is 0 Å². The number of hydrogen-bond donors (Lipinski definition) is 1. The van der Waals surface area contributed by atoms with Crippen molar-refractivity contribution in [3.05, 3.63) is 29.8 Å². The van der Waals surface area contributed by atoms with Crippen molar-refractivity contribution in [3.8, 4) is 5.75 Å². The van der Waals surface area contributed by atoms with Crippen LogP contribution in [-0.4, -0.2) is 28.5 Å². The summed E-state index contributed by atoms with van der Waals surface area (Å²) < 4.78 is 6.77. The molecule has 5 nitrogen and oxygen atoms in total. The molecular weight excluding hydrogens is 326 g/mol. The molecule has 1 amide bonds. The van der Waals surface area contributed by atoms with Gasteiger partial charge in [-0.05, 0) is 24.6 Å². The Balaban J connectivity index is 1.88. The summed E-state index contributed by atoms with van der Waals surface area (Å²) in [6, 6.07) is 7.92. The number of carbonyl (C=O) groups excluding carboxylic acids is 1. The Kier molecular flexibility index (Phi) is 5.89. The number of aromatic nitrogens is 2. The Morgan fingerprint density at radius 3 is 2.62 bits per heavy atom. The summed E-state index contributed by atoms with van der Waals surface area (Å²) in [5.41, 5.74) is 6.42. The van der Waals surface area contributed by atoms with E-state index in [4.69, 9.17) is 10.5 Å². The molecule has 112 valence electrons. The molecule has 2 rings (SSSR count). The zero-order valence-corrected chi connectivity index (χ0v) is 14.1. The Morgan fingerprint density at radius 1 is 1.33 bits per heavy atom. The minimum absolute atomic E-state index is 0.294. The van der Waals surface area contributed by atoms with Crippen molar-refractivity contribution in [1.82, 2.24) is 10.2 Å². The molecule has 0 bridgehead atoms. The molecule has 8 heteroatoms. The number of hydrogen-bond acceptors (Lipinski definition) is 7. The van der Waals surface area contributed by atoms with E-state index in [0.717, 1.165) is 20.2 Å². The zero-order valence-electron chi connectivity index (χ0n) is 11.6. The smallest absolute Gasteiger partial charge is 0.230 e. The fraction of sp³-hybridized carbons (Fsp3) is 0.308. The van der Waals surface area contributed by atoms with E-state index in [1.807, 2.05) is 24.3 Å². The first kappa shape index (κ1) is 16.1. The Bertz CT molecular complexity index is 601. The van der Waals surface area contributed by atoms with Crippen molar-refractivity contribution in [2.24, 2.45) is 5.73 Å². The quantitative estimate of drug-likeness (QED) is 0.780. The maximum atomic E-state index is 11.0. The van der Waals surface area contributed by atoms with Crippen molar-refractivity contribution in [2.45, 2.75) is 26.6 Å². The highest BCUT2D eigenvalue weighted by atomic mass is 32.2. The van der Waals surface area contributed by atoms with Gasteiger partial charge in [-0.1, -0.05) is 47.0 Å². The van der Waals surface area contributed by atoms with Gasteiger partial charge in [-0.3, -0.25) is 4.79 Å². The Morgan fingerprint density at radius 2 is 2.00 bits per heavy atom. The van der Waals surface area contributed by atoms with Gasteiger partial charge in [-0.15, -0.1) is 10.2 Å². The van der Waals surface area contributed by atoms with Crippen LogP contribution >= 0.6 is 34.9 Å². The lowest BCUT2D eigenvalue weighted by atomic mass is 10.2. The van der Waals surface area contributed by atoms with Gasteiger partial charge in [0.05, 0.1) is 12.4 Å². The predicted octanol–water partition coefficient (Wildman–Crippen LogP) is 2.80. The topological polar surface area (TPSA) is 78.1 Å². The van der Waals surface area contributed by atoms with E-state index in [-0.39, 0.29) is 11.2 Å². The van der Waals surface area contributed by atoms with Gasteiger partial charge in [0.1, 0.15) is 5.75 Å². The molecule has 0 saturated heterocycles. The second-order valence-corrected chi connectivity index (χ2v) is 7.92. The molecule has 2 aromatic rings. The number of nitrogens with zero attached hydrogens (tertiary/aromatic N) is 2. The molecule has 0 aliphatic heterocycles. The molecule has 1 aromatic carbocycles. The second-order valence-electron chi connectivity index (χ2n) is 4.13. The molecule has 0 unspecified atom stereocenters. The number of ether oxygens (including phenoxy) is 1. The molecular formula is C13H15N3O2S3. The van der Waals surface area contributed by atoms with Crippen LogP contribution < -0.4 is 10.5 Å². The van der Waals surface area contributed by atoms with Crippen molar-refractivity contribution in [3.63, 3.8) is 0 Å². The van der Waals surface area contributed by atoms with E-state index in [9.17, 15) is 4.79 Å².